The van der Waals surface area contributed by atoms with Crippen LogP contribution in [0.4, 0.5) is 0 Å². The molecule has 0 unspecified atom stereocenters. The first-order valence-corrected chi connectivity index (χ1v) is 8.70. The average Bonchev–Trinajstić information content (AvgIpc) is 3.24. The van der Waals surface area contributed by atoms with E-state index >= 15 is 0 Å². The lowest BCUT2D eigenvalue weighted by Crippen LogP contribution is -2.49. The van der Waals surface area contributed by atoms with Crippen LogP contribution >= 0.6 is 11.3 Å². The second-order valence-corrected chi connectivity index (χ2v) is 6.99. The van der Waals surface area contributed by atoms with Crippen LogP contribution in [0.15, 0.2) is 41.8 Å². The van der Waals surface area contributed by atoms with Crippen LogP contribution in [-0.2, 0) is 33.7 Å². The fourth-order valence-corrected chi connectivity index (χ4v) is 3.63. The molecule has 0 saturated carbocycles. The Hall–Kier alpha value is -2.18. The molecule has 0 radical (unpaired) electrons. The Bertz CT molecular complexity index is 703. The van der Waals surface area contributed by atoms with Crippen molar-refractivity contribution in [3.63, 3.8) is 0 Å². The van der Waals surface area contributed by atoms with Gasteiger partial charge in [-0.25, -0.2) is 0 Å². The molecule has 24 heavy (non-hydrogen) atoms. The monoisotopic (exact) mass is 344 g/mol. The molecule has 1 aliphatic carbocycles. The van der Waals surface area contributed by atoms with Gasteiger partial charge < -0.3 is 15.4 Å². The number of carbonyl (C=O) groups excluding carboxylic acids is 2. The van der Waals surface area contributed by atoms with Gasteiger partial charge in [-0.1, -0.05) is 30.3 Å². The molecule has 2 amide bonds. The largest absolute Gasteiger partial charge is 0.376 e. The molecule has 3 rings (SSSR count). The molecule has 6 heteroatoms. The number of ether oxygens (including phenoxy) is 1. The van der Waals surface area contributed by atoms with Gasteiger partial charge >= 0.3 is 11.8 Å². The molecule has 0 saturated heterocycles. The van der Waals surface area contributed by atoms with E-state index in [1.807, 2.05) is 29.6 Å². The molecule has 2 aromatic rings. The van der Waals surface area contributed by atoms with Gasteiger partial charge in [-0.15, -0.1) is 11.3 Å². The molecule has 1 aromatic carbocycles. The highest BCUT2D eigenvalue weighted by molar-refractivity contribution is 7.09. The van der Waals surface area contributed by atoms with Crippen LogP contribution in [0, 0.1) is 0 Å². The molecule has 0 bridgehead atoms. The lowest BCUT2D eigenvalue weighted by Gasteiger charge is -2.27. The average molecular weight is 344 g/mol. The molecule has 5 nitrogen and oxygen atoms in total. The zero-order valence-electron chi connectivity index (χ0n) is 13.5. The number of carbonyl (C=O) groups is 2. The first-order valence-electron chi connectivity index (χ1n) is 7.82. The van der Waals surface area contributed by atoms with E-state index in [1.54, 1.807) is 7.11 Å². The quantitative estimate of drug-likeness (QED) is 0.811. The van der Waals surface area contributed by atoms with E-state index in [9.17, 15) is 9.59 Å². The number of rotatable bonds is 5. The highest BCUT2D eigenvalue weighted by Crippen LogP contribution is 2.31. The molecule has 0 spiro atoms. The van der Waals surface area contributed by atoms with Crippen LogP contribution < -0.4 is 10.6 Å². The Balaban J connectivity index is 1.52. The maximum Gasteiger partial charge on any atom is 0.309 e. The third-order valence-electron chi connectivity index (χ3n) is 4.36. The standard InChI is InChI=1S/C18H20N2O3S/c1-23-18(9-13-5-2-3-6-14(13)10-18)12-20-17(22)16(21)19-11-15-7-4-8-24-15/h2-8H,9-12H2,1H3,(H,19,21)(H,20,22). The van der Waals surface area contributed by atoms with Gasteiger partial charge in [-0.05, 0) is 22.6 Å². The number of fused-ring (bicyclic) bond motifs is 1. The maximum absolute atomic E-state index is 12.0. The number of hydrogen-bond donors (Lipinski definition) is 2. The molecule has 1 aromatic heterocycles. The zero-order valence-corrected chi connectivity index (χ0v) is 14.3. The molecule has 126 valence electrons. The summed E-state index contributed by atoms with van der Waals surface area (Å²) in [7, 11) is 1.65. The second-order valence-electron chi connectivity index (χ2n) is 5.95. The fourth-order valence-electron chi connectivity index (χ4n) is 2.98. The highest BCUT2D eigenvalue weighted by atomic mass is 32.1. The smallest absolute Gasteiger partial charge is 0.309 e. The van der Waals surface area contributed by atoms with Crippen molar-refractivity contribution in [2.24, 2.45) is 0 Å². The van der Waals surface area contributed by atoms with Gasteiger partial charge in [0.1, 0.15) is 0 Å². The van der Waals surface area contributed by atoms with E-state index in [1.165, 1.54) is 22.5 Å². The van der Waals surface area contributed by atoms with E-state index in [2.05, 4.69) is 22.8 Å². The van der Waals surface area contributed by atoms with Gasteiger partial charge in [0.15, 0.2) is 0 Å². The van der Waals surface area contributed by atoms with E-state index in [0.29, 0.717) is 13.1 Å². The summed E-state index contributed by atoms with van der Waals surface area (Å²) in [5.41, 5.74) is 1.99. The summed E-state index contributed by atoms with van der Waals surface area (Å²) in [6, 6.07) is 12.0. The van der Waals surface area contributed by atoms with Gasteiger partial charge in [-0.3, -0.25) is 9.59 Å². The van der Waals surface area contributed by atoms with Crippen molar-refractivity contribution < 1.29 is 14.3 Å². The van der Waals surface area contributed by atoms with Gasteiger partial charge in [0.05, 0.1) is 12.1 Å². The summed E-state index contributed by atoms with van der Waals surface area (Å²) in [5.74, 6) is -1.25. The minimum absolute atomic E-state index is 0.309. The van der Waals surface area contributed by atoms with Gasteiger partial charge in [0.2, 0.25) is 0 Å². The van der Waals surface area contributed by atoms with Crippen LogP contribution in [0.3, 0.4) is 0 Å². The van der Waals surface area contributed by atoms with Crippen molar-refractivity contribution in [2.45, 2.75) is 25.0 Å². The Morgan fingerprint density at radius 3 is 2.33 bits per heavy atom. The fraction of sp³-hybridized carbons (Fsp3) is 0.333. The Morgan fingerprint density at radius 2 is 1.75 bits per heavy atom. The van der Waals surface area contributed by atoms with E-state index in [4.69, 9.17) is 4.74 Å². The maximum atomic E-state index is 12.0. The van der Waals surface area contributed by atoms with Crippen molar-refractivity contribution >= 4 is 23.2 Å². The summed E-state index contributed by atoms with van der Waals surface area (Å²) < 4.78 is 5.69. The molecular formula is C18H20N2O3S. The summed E-state index contributed by atoms with van der Waals surface area (Å²) in [4.78, 5) is 24.9. The Morgan fingerprint density at radius 1 is 1.08 bits per heavy atom. The van der Waals surface area contributed by atoms with E-state index < -0.39 is 17.4 Å². The topological polar surface area (TPSA) is 67.4 Å². The van der Waals surface area contributed by atoms with Gasteiger partial charge in [0.25, 0.3) is 0 Å². The first-order chi connectivity index (χ1) is 11.6. The summed E-state index contributed by atoms with van der Waals surface area (Å²) in [6.07, 6.45) is 1.47. The number of amides is 2. The lowest BCUT2D eigenvalue weighted by atomic mass is 10.00. The summed E-state index contributed by atoms with van der Waals surface area (Å²) >= 11 is 1.54. The SMILES string of the molecule is COC1(CNC(=O)C(=O)NCc2cccs2)Cc2ccccc2C1. The number of thiophene rings is 1. The minimum atomic E-state index is -0.626. The van der Waals surface area contributed by atoms with Crippen LogP contribution in [0.2, 0.25) is 0 Å². The lowest BCUT2D eigenvalue weighted by molar-refractivity contribution is -0.140. The van der Waals surface area contributed by atoms with Crippen LogP contribution in [0.1, 0.15) is 16.0 Å². The summed E-state index contributed by atoms with van der Waals surface area (Å²) in [5, 5.41) is 7.27. The predicted octanol–water partition coefficient (Wildman–Crippen LogP) is 1.66. The molecule has 0 fully saturated rings. The number of nitrogens with one attached hydrogen (secondary N) is 2. The Kier molecular flexibility index (Phi) is 4.97. The Labute approximate surface area is 145 Å². The molecule has 1 aliphatic rings. The van der Waals surface area contributed by atoms with Crippen LogP contribution in [-0.4, -0.2) is 31.1 Å². The van der Waals surface area contributed by atoms with Crippen molar-refractivity contribution in [1.82, 2.24) is 10.6 Å². The van der Waals surface area contributed by atoms with Gasteiger partial charge in [-0.2, -0.15) is 0 Å². The van der Waals surface area contributed by atoms with Crippen LogP contribution in [0.5, 0.6) is 0 Å². The van der Waals surface area contributed by atoms with Crippen LogP contribution in [0.25, 0.3) is 0 Å². The zero-order chi connectivity index (χ0) is 17.0. The molecule has 0 aliphatic heterocycles. The second kappa shape index (κ2) is 7.15. The minimum Gasteiger partial charge on any atom is -0.376 e. The highest BCUT2D eigenvalue weighted by Gasteiger charge is 2.37. The number of benzene rings is 1. The van der Waals surface area contributed by atoms with E-state index in [-0.39, 0.29) is 0 Å². The molecule has 2 N–H and O–H groups in total. The predicted molar refractivity (Wildman–Crippen MR) is 92.8 cm³/mol. The van der Waals surface area contributed by atoms with E-state index in [0.717, 1.165) is 17.7 Å². The van der Waals surface area contributed by atoms with Gasteiger partial charge in [0, 0.05) is 31.4 Å². The first kappa shape index (κ1) is 16.7. The molecule has 1 heterocycles. The summed E-state index contributed by atoms with van der Waals surface area (Å²) in [6.45, 7) is 0.675. The van der Waals surface area contributed by atoms with Crippen molar-refractivity contribution in [2.75, 3.05) is 13.7 Å². The van der Waals surface area contributed by atoms with Crippen molar-refractivity contribution in [1.29, 1.82) is 0 Å². The van der Waals surface area contributed by atoms with Crippen molar-refractivity contribution in [3.05, 3.63) is 57.8 Å². The third-order valence-corrected chi connectivity index (χ3v) is 5.23. The molecule has 0 atom stereocenters. The number of hydrogen-bond acceptors (Lipinski definition) is 4. The molecular weight excluding hydrogens is 324 g/mol. The number of methoxy groups -OCH3 is 1. The third kappa shape index (κ3) is 3.66. The normalized spacial score (nSPS) is 14.9. The van der Waals surface area contributed by atoms with Crippen molar-refractivity contribution in [3.8, 4) is 0 Å².